The molecule has 0 aromatic carbocycles. The predicted molar refractivity (Wildman–Crippen MR) is 59.7 cm³/mol. The van der Waals surface area contributed by atoms with Crippen molar-refractivity contribution in [1.82, 2.24) is 15.5 Å². The molecule has 2 rings (SSSR count). The number of nitrogens with zero attached hydrogens (tertiary/aromatic N) is 1. The maximum Gasteiger partial charge on any atom is 0.207 e. The van der Waals surface area contributed by atoms with Crippen LogP contribution >= 0.6 is 0 Å². The highest BCUT2D eigenvalue weighted by Crippen LogP contribution is 2.27. The summed E-state index contributed by atoms with van der Waals surface area (Å²) < 4.78 is 0. The van der Waals surface area contributed by atoms with Gasteiger partial charge in [0, 0.05) is 25.4 Å². The first-order valence-corrected chi connectivity index (χ1v) is 5.13. The fourth-order valence-corrected chi connectivity index (χ4v) is 1.08. The number of anilines is 1. The zero-order chi connectivity index (χ0) is 11.1. The Morgan fingerprint density at radius 2 is 2.40 bits per heavy atom. The second-order valence-corrected chi connectivity index (χ2v) is 3.66. The van der Waals surface area contributed by atoms with Crippen molar-refractivity contribution >= 4 is 12.2 Å². The summed E-state index contributed by atoms with van der Waals surface area (Å²) >= 11 is 0. The topological polar surface area (TPSA) is 69.8 Å². The molecule has 1 aromatic heterocycles. The number of hydrogen-bond donors (Lipinski definition) is 3. The highest BCUT2D eigenvalue weighted by Gasteiger charge is 2.19. The normalized spacial score (nSPS) is 13.7. The predicted octanol–water partition coefficient (Wildman–Crippen LogP) is 0.902. The highest BCUT2D eigenvalue weighted by molar-refractivity contribution is 5.45. The average molecular weight is 210 g/mol. The maximum atomic E-state index is 9.63. The molecule has 1 saturated carbocycles. The summed E-state index contributed by atoms with van der Waals surface area (Å²) in [4.78, 5) is 9.63. The summed E-state index contributed by atoms with van der Waals surface area (Å²) in [6, 6.07) is 1.94. The van der Waals surface area contributed by atoms with Gasteiger partial charge in [0.15, 0.2) is 0 Å². The number of carbonyl (C=O) groups is 1. The van der Waals surface area contributed by atoms with E-state index in [0.717, 1.165) is 30.4 Å². The van der Waals surface area contributed by atoms with Gasteiger partial charge in [-0.1, -0.05) is 0 Å². The highest BCUT2D eigenvalue weighted by atomic mass is 16.1. The molecule has 15 heavy (non-hydrogen) atoms. The molecule has 0 atom stereocenters. The smallest absolute Gasteiger partial charge is 0.207 e. The van der Waals surface area contributed by atoms with Gasteiger partial charge < -0.3 is 10.6 Å². The Balaban J connectivity index is 0.000000151. The molecule has 1 heterocycles. The summed E-state index contributed by atoms with van der Waals surface area (Å²) in [7, 11) is 1.84. The van der Waals surface area contributed by atoms with Gasteiger partial charge in [0.05, 0.1) is 0 Å². The van der Waals surface area contributed by atoms with Crippen LogP contribution in [-0.2, 0) is 4.79 Å². The van der Waals surface area contributed by atoms with Crippen molar-refractivity contribution in [2.45, 2.75) is 19.8 Å². The average Bonchev–Trinajstić information content (AvgIpc) is 2.98. The number of amides is 1. The molecule has 1 aliphatic carbocycles. The van der Waals surface area contributed by atoms with Gasteiger partial charge in [0.1, 0.15) is 5.82 Å². The van der Waals surface area contributed by atoms with E-state index in [-0.39, 0.29) is 0 Å². The summed E-state index contributed by atoms with van der Waals surface area (Å²) in [5.41, 5.74) is 1.08. The first kappa shape index (κ1) is 11.6. The van der Waals surface area contributed by atoms with Gasteiger partial charge in [0.25, 0.3) is 0 Å². The minimum Gasteiger partial charge on any atom is -0.372 e. The van der Waals surface area contributed by atoms with Crippen LogP contribution in [-0.4, -0.2) is 30.2 Å². The minimum atomic E-state index is 0.762. The summed E-state index contributed by atoms with van der Waals surface area (Å²) in [5.74, 6) is 1.70. The number of hydrogen-bond acceptors (Lipinski definition) is 3. The van der Waals surface area contributed by atoms with Gasteiger partial charge in [-0.05, 0) is 25.7 Å². The third-order valence-corrected chi connectivity index (χ3v) is 2.15. The van der Waals surface area contributed by atoms with Crippen LogP contribution in [0.3, 0.4) is 0 Å². The molecule has 0 aliphatic heterocycles. The number of rotatable bonds is 4. The molecule has 1 amide bonds. The Labute approximate surface area is 89.6 Å². The first-order valence-electron chi connectivity index (χ1n) is 5.13. The van der Waals surface area contributed by atoms with Gasteiger partial charge in [-0.25, -0.2) is 0 Å². The van der Waals surface area contributed by atoms with E-state index in [4.69, 9.17) is 0 Å². The van der Waals surface area contributed by atoms with Gasteiger partial charge in [-0.15, -0.1) is 0 Å². The standard InChI is InChI=1S/C5H9N3.C5H9NO/c1-4-3-5(6-2)8-7-4;7-4-6-3-5-1-2-5/h3H,1-2H3,(H2,6,7,8);4-5H,1-3H2,(H,6,7). The van der Waals surface area contributed by atoms with Crippen molar-refractivity contribution in [3.05, 3.63) is 11.8 Å². The number of carbonyl (C=O) groups excluding carboxylic acids is 1. The van der Waals surface area contributed by atoms with Crippen LogP contribution in [0.15, 0.2) is 6.07 Å². The third-order valence-electron chi connectivity index (χ3n) is 2.15. The number of H-pyrrole nitrogens is 1. The quantitative estimate of drug-likeness (QED) is 0.647. The van der Waals surface area contributed by atoms with Gasteiger partial charge in [-0.2, -0.15) is 5.10 Å². The van der Waals surface area contributed by atoms with Crippen molar-refractivity contribution in [2.75, 3.05) is 18.9 Å². The van der Waals surface area contributed by atoms with Crippen LogP contribution in [0.1, 0.15) is 18.5 Å². The van der Waals surface area contributed by atoms with Gasteiger partial charge in [0.2, 0.25) is 6.41 Å². The van der Waals surface area contributed by atoms with E-state index in [1.54, 1.807) is 0 Å². The molecule has 0 bridgehead atoms. The molecule has 1 aromatic rings. The molecule has 0 unspecified atom stereocenters. The molecule has 1 fully saturated rings. The molecular formula is C10H18N4O. The van der Waals surface area contributed by atoms with Crippen molar-refractivity contribution in [1.29, 1.82) is 0 Å². The second kappa shape index (κ2) is 6.06. The Bertz CT molecular complexity index is 293. The number of nitrogens with one attached hydrogen (secondary N) is 3. The van der Waals surface area contributed by atoms with Crippen LogP contribution in [0, 0.1) is 12.8 Å². The molecule has 1 aliphatic rings. The Morgan fingerprint density at radius 1 is 1.67 bits per heavy atom. The van der Waals surface area contributed by atoms with E-state index in [0.29, 0.717) is 0 Å². The largest absolute Gasteiger partial charge is 0.372 e. The lowest BCUT2D eigenvalue weighted by Gasteiger charge is -1.88. The van der Waals surface area contributed by atoms with E-state index in [1.807, 2.05) is 20.0 Å². The number of aryl methyl sites for hydroxylation is 1. The van der Waals surface area contributed by atoms with Crippen LogP contribution < -0.4 is 10.6 Å². The van der Waals surface area contributed by atoms with Crippen molar-refractivity contribution in [2.24, 2.45) is 5.92 Å². The summed E-state index contributed by atoms with van der Waals surface area (Å²) in [6.45, 7) is 2.86. The second-order valence-electron chi connectivity index (χ2n) is 3.66. The zero-order valence-electron chi connectivity index (χ0n) is 9.21. The fraction of sp³-hybridized carbons (Fsp3) is 0.600. The van der Waals surface area contributed by atoms with Crippen molar-refractivity contribution in [3.8, 4) is 0 Å². The minimum absolute atomic E-state index is 0.762. The molecule has 0 saturated heterocycles. The molecule has 5 heteroatoms. The molecule has 3 N–H and O–H groups in total. The number of aromatic amines is 1. The summed E-state index contributed by atoms with van der Waals surface area (Å²) in [5, 5.41) is 12.2. The summed E-state index contributed by atoms with van der Waals surface area (Å²) in [6.07, 6.45) is 3.38. The molecule has 84 valence electrons. The maximum absolute atomic E-state index is 9.63. The zero-order valence-corrected chi connectivity index (χ0v) is 9.21. The van der Waals surface area contributed by atoms with E-state index in [1.165, 1.54) is 12.8 Å². The molecule has 0 spiro atoms. The first-order chi connectivity index (χ1) is 7.26. The lowest BCUT2D eigenvalue weighted by Crippen LogP contribution is -2.13. The SMILES string of the molecule is CNc1cc(C)[nH]n1.O=CNCC1CC1. The Kier molecular flexibility index (Phi) is 4.66. The lowest BCUT2D eigenvalue weighted by molar-refractivity contribution is -0.109. The van der Waals surface area contributed by atoms with Crippen molar-refractivity contribution < 1.29 is 4.79 Å². The third kappa shape index (κ3) is 5.05. The number of aromatic nitrogens is 2. The van der Waals surface area contributed by atoms with E-state index in [2.05, 4.69) is 20.8 Å². The van der Waals surface area contributed by atoms with E-state index in [9.17, 15) is 4.79 Å². The van der Waals surface area contributed by atoms with E-state index >= 15 is 0 Å². The van der Waals surface area contributed by atoms with Gasteiger partial charge >= 0.3 is 0 Å². The molecular weight excluding hydrogens is 192 g/mol. The van der Waals surface area contributed by atoms with Crippen LogP contribution in [0.5, 0.6) is 0 Å². The monoisotopic (exact) mass is 210 g/mol. The lowest BCUT2D eigenvalue weighted by atomic mass is 10.4. The van der Waals surface area contributed by atoms with Crippen LogP contribution in [0.25, 0.3) is 0 Å². The van der Waals surface area contributed by atoms with Crippen LogP contribution in [0.2, 0.25) is 0 Å². The van der Waals surface area contributed by atoms with Crippen LogP contribution in [0.4, 0.5) is 5.82 Å². The Morgan fingerprint density at radius 3 is 2.73 bits per heavy atom. The van der Waals surface area contributed by atoms with Gasteiger partial charge in [-0.3, -0.25) is 9.89 Å². The molecule has 5 nitrogen and oxygen atoms in total. The van der Waals surface area contributed by atoms with E-state index < -0.39 is 0 Å². The van der Waals surface area contributed by atoms with Crippen molar-refractivity contribution in [3.63, 3.8) is 0 Å². The fourth-order valence-electron chi connectivity index (χ4n) is 1.08. The molecule has 0 radical (unpaired) electrons. The Hall–Kier alpha value is -1.52.